The molecule has 6 heteroatoms. The first-order chi connectivity index (χ1) is 10.5. The lowest BCUT2D eigenvalue weighted by Gasteiger charge is -2.14. The third-order valence-corrected chi connectivity index (χ3v) is 3.28. The highest BCUT2D eigenvalue weighted by Gasteiger charge is 2.17. The Labute approximate surface area is 129 Å². The summed E-state index contributed by atoms with van der Waals surface area (Å²) in [5, 5.41) is 9.33. The molecule has 114 valence electrons. The smallest absolute Gasteiger partial charge is 0.222 e. The van der Waals surface area contributed by atoms with Crippen LogP contribution in [0.25, 0.3) is 11.3 Å². The van der Waals surface area contributed by atoms with Crippen LogP contribution in [-0.2, 0) is 0 Å². The summed E-state index contributed by atoms with van der Waals surface area (Å²) in [6.07, 6.45) is 0.942. The van der Waals surface area contributed by atoms with E-state index < -0.39 is 0 Å². The Hall–Kier alpha value is -2.81. The van der Waals surface area contributed by atoms with E-state index in [0.717, 1.165) is 28.9 Å². The van der Waals surface area contributed by atoms with Crippen molar-refractivity contribution in [1.82, 2.24) is 9.97 Å². The van der Waals surface area contributed by atoms with Gasteiger partial charge in [0.25, 0.3) is 0 Å². The molecule has 0 radical (unpaired) electrons. The largest absolute Gasteiger partial charge is 0.494 e. The van der Waals surface area contributed by atoms with Gasteiger partial charge in [0.2, 0.25) is 5.95 Å². The normalized spacial score (nSPS) is 10.3. The summed E-state index contributed by atoms with van der Waals surface area (Å²) in [6, 6.07) is 5.90. The van der Waals surface area contributed by atoms with E-state index in [1.54, 1.807) is 0 Å². The van der Waals surface area contributed by atoms with E-state index in [0.29, 0.717) is 12.3 Å². The number of benzene rings is 1. The minimum Gasteiger partial charge on any atom is -0.494 e. The summed E-state index contributed by atoms with van der Waals surface area (Å²) >= 11 is 0. The summed E-state index contributed by atoms with van der Waals surface area (Å²) < 4.78 is 5.66. The van der Waals surface area contributed by atoms with Crippen LogP contribution in [-0.4, -0.2) is 16.6 Å². The number of rotatable bonds is 4. The second-order valence-corrected chi connectivity index (χ2v) is 5.08. The van der Waals surface area contributed by atoms with Crippen molar-refractivity contribution in [2.45, 2.75) is 27.2 Å². The Morgan fingerprint density at radius 1 is 1.18 bits per heavy atom. The Balaban J connectivity index is 2.62. The maximum Gasteiger partial charge on any atom is 0.222 e. The van der Waals surface area contributed by atoms with E-state index in [4.69, 9.17) is 16.2 Å². The first kappa shape index (κ1) is 15.6. The van der Waals surface area contributed by atoms with Gasteiger partial charge >= 0.3 is 0 Å². The van der Waals surface area contributed by atoms with Gasteiger partial charge < -0.3 is 16.2 Å². The molecule has 2 aromatic rings. The van der Waals surface area contributed by atoms with E-state index in [-0.39, 0.29) is 17.3 Å². The van der Waals surface area contributed by atoms with Gasteiger partial charge in [-0.1, -0.05) is 6.92 Å². The molecule has 1 aromatic carbocycles. The first-order valence-corrected chi connectivity index (χ1v) is 7.05. The lowest BCUT2D eigenvalue weighted by molar-refractivity contribution is 0.317. The second-order valence-electron chi connectivity index (χ2n) is 5.08. The minimum absolute atomic E-state index is 0.0524. The fraction of sp³-hybridized carbons (Fsp3) is 0.312. The zero-order valence-corrected chi connectivity index (χ0v) is 13.0. The third kappa shape index (κ3) is 2.93. The van der Waals surface area contributed by atoms with Gasteiger partial charge in [0, 0.05) is 5.56 Å². The van der Waals surface area contributed by atoms with Crippen molar-refractivity contribution in [3.8, 4) is 23.1 Å². The topological polar surface area (TPSA) is 111 Å². The van der Waals surface area contributed by atoms with Crippen LogP contribution in [0.15, 0.2) is 12.1 Å². The fourth-order valence-corrected chi connectivity index (χ4v) is 2.39. The average Bonchev–Trinajstić information content (AvgIpc) is 2.44. The molecule has 6 nitrogen and oxygen atoms in total. The van der Waals surface area contributed by atoms with Crippen molar-refractivity contribution < 1.29 is 4.74 Å². The van der Waals surface area contributed by atoms with Crippen molar-refractivity contribution in [2.75, 3.05) is 18.1 Å². The summed E-state index contributed by atoms with van der Waals surface area (Å²) in [5.74, 6) is 0.945. The second kappa shape index (κ2) is 6.31. The molecule has 0 aliphatic carbocycles. The van der Waals surface area contributed by atoms with Crippen LogP contribution in [0.2, 0.25) is 0 Å². The van der Waals surface area contributed by atoms with Gasteiger partial charge in [0.05, 0.1) is 12.3 Å². The van der Waals surface area contributed by atoms with Crippen molar-refractivity contribution >= 4 is 11.8 Å². The molecular weight excluding hydrogens is 278 g/mol. The van der Waals surface area contributed by atoms with Crippen LogP contribution >= 0.6 is 0 Å². The van der Waals surface area contributed by atoms with Crippen LogP contribution in [0.1, 0.15) is 30.0 Å². The van der Waals surface area contributed by atoms with Gasteiger partial charge in [0.1, 0.15) is 23.2 Å². The zero-order chi connectivity index (χ0) is 16.3. The highest BCUT2D eigenvalue weighted by molar-refractivity contribution is 5.78. The molecule has 2 rings (SSSR count). The van der Waals surface area contributed by atoms with E-state index in [9.17, 15) is 5.26 Å². The van der Waals surface area contributed by atoms with Gasteiger partial charge in [-0.15, -0.1) is 0 Å². The summed E-state index contributed by atoms with van der Waals surface area (Å²) in [5.41, 5.74) is 14.9. The van der Waals surface area contributed by atoms with Crippen molar-refractivity contribution in [3.63, 3.8) is 0 Å². The quantitative estimate of drug-likeness (QED) is 0.897. The number of hydrogen-bond acceptors (Lipinski definition) is 6. The molecule has 0 aliphatic rings. The van der Waals surface area contributed by atoms with Crippen LogP contribution < -0.4 is 16.2 Å². The number of nitriles is 1. The number of aromatic nitrogens is 2. The molecule has 0 amide bonds. The maximum atomic E-state index is 9.33. The number of ether oxygens (including phenoxy) is 1. The fourth-order valence-electron chi connectivity index (χ4n) is 2.39. The van der Waals surface area contributed by atoms with Crippen LogP contribution in [0.4, 0.5) is 11.8 Å². The number of hydrogen-bond donors (Lipinski definition) is 2. The lowest BCUT2D eigenvalue weighted by Crippen LogP contribution is -2.06. The number of aryl methyl sites for hydroxylation is 2. The van der Waals surface area contributed by atoms with Crippen LogP contribution in [0, 0.1) is 25.2 Å². The van der Waals surface area contributed by atoms with E-state index >= 15 is 0 Å². The van der Waals surface area contributed by atoms with Gasteiger partial charge in [-0.25, -0.2) is 4.98 Å². The molecule has 1 aromatic heterocycles. The molecule has 0 spiro atoms. The lowest BCUT2D eigenvalue weighted by atomic mass is 9.96. The van der Waals surface area contributed by atoms with Gasteiger partial charge in [-0.05, 0) is 43.5 Å². The predicted molar refractivity (Wildman–Crippen MR) is 86.3 cm³/mol. The zero-order valence-electron chi connectivity index (χ0n) is 13.0. The highest BCUT2D eigenvalue weighted by atomic mass is 16.5. The van der Waals surface area contributed by atoms with Crippen LogP contribution in [0.5, 0.6) is 5.75 Å². The Morgan fingerprint density at radius 3 is 2.36 bits per heavy atom. The van der Waals surface area contributed by atoms with Crippen LogP contribution in [0.3, 0.4) is 0 Å². The maximum absolute atomic E-state index is 9.33. The molecule has 4 N–H and O–H groups in total. The van der Waals surface area contributed by atoms with E-state index in [1.807, 2.05) is 26.0 Å². The van der Waals surface area contributed by atoms with Crippen molar-refractivity contribution in [1.29, 1.82) is 5.26 Å². The van der Waals surface area contributed by atoms with Gasteiger partial charge in [-0.2, -0.15) is 10.2 Å². The molecule has 0 atom stereocenters. The van der Waals surface area contributed by atoms with Gasteiger partial charge in [-0.3, -0.25) is 0 Å². The standard InChI is InChI=1S/C16H19N5O/c1-4-5-22-11-6-9(2)13(10(3)7-11)14-12(8-17)15(18)21-16(19)20-14/h6-7H,4-5H2,1-3H3,(H4,18,19,20,21). The van der Waals surface area contributed by atoms with Gasteiger partial charge in [0.15, 0.2) is 0 Å². The summed E-state index contributed by atoms with van der Waals surface area (Å²) in [7, 11) is 0. The highest BCUT2D eigenvalue weighted by Crippen LogP contribution is 2.33. The predicted octanol–water partition coefficient (Wildman–Crippen LogP) is 2.59. The Bertz CT molecular complexity index is 726. The molecule has 0 unspecified atom stereocenters. The molecule has 0 aliphatic heterocycles. The molecular formula is C16H19N5O. The Morgan fingerprint density at radius 2 is 1.82 bits per heavy atom. The summed E-state index contributed by atoms with van der Waals surface area (Å²) in [4.78, 5) is 8.06. The Kier molecular flexibility index (Phi) is 4.47. The average molecular weight is 297 g/mol. The van der Waals surface area contributed by atoms with E-state index in [2.05, 4.69) is 23.0 Å². The van der Waals surface area contributed by atoms with Crippen molar-refractivity contribution in [3.05, 3.63) is 28.8 Å². The third-order valence-electron chi connectivity index (χ3n) is 3.28. The molecule has 1 heterocycles. The molecule has 22 heavy (non-hydrogen) atoms. The SMILES string of the molecule is CCCOc1cc(C)c(-c2nc(N)nc(N)c2C#N)c(C)c1. The number of nitrogens with zero attached hydrogens (tertiary/aromatic N) is 3. The number of nitrogens with two attached hydrogens (primary N) is 2. The minimum atomic E-state index is 0.0524. The first-order valence-electron chi connectivity index (χ1n) is 7.05. The van der Waals surface area contributed by atoms with E-state index in [1.165, 1.54) is 0 Å². The number of anilines is 2. The molecule has 0 fully saturated rings. The molecule has 0 bridgehead atoms. The van der Waals surface area contributed by atoms with Crippen molar-refractivity contribution in [2.24, 2.45) is 0 Å². The number of nitrogen functional groups attached to an aromatic ring is 2. The summed E-state index contributed by atoms with van der Waals surface area (Å²) in [6.45, 7) is 6.60. The molecule has 0 saturated carbocycles. The molecule has 0 saturated heterocycles. The monoisotopic (exact) mass is 297 g/mol.